The zero-order valence-corrected chi connectivity index (χ0v) is 25.2. The molecule has 0 amide bonds. The predicted octanol–water partition coefficient (Wildman–Crippen LogP) is 8.62. The standard InChI is InChI=1S/3C10H7F3O2.Eu/c3*11-10(12,13)9(15)6-8(14)7-4-2-1-3-5-7;/h3*1-6,15H;. The molecule has 1 radical (unpaired) electrons. The van der Waals surface area contributed by atoms with E-state index in [4.69, 9.17) is 15.3 Å². The van der Waals surface area contributed by atoms with Gasteiger partial charge in [0.15, 0.2) is 17.3 Å². The molecule has 3 N–H and O–H groups in total. The summed E-state index contributed by atoms with van der Waals surface area (Å²) in [6.45, 7) is 0. The Hall–Kier alpha value is -3.76. The number of benzene rings is 3. The molecule has 0 aliphatic carbocycles. The van der Waals surface area contributed by atoms with E-state index in [1.807, 2.05) is 0 Å². The maximum Gasteiger partial charge on any atom is 0.448 e. The summed E-state index contributed by atoms with van der Waals surface area (Å²) in [5.41, 5.74) is 0.273. The molecule has 0 saturated carbocycles. The van der Waals surface area contributed by atoms with Gasteiger partial charge in [0.1, 0.15) is 0 Å². The number of halogens is 9. The van der Waals surface area contributed by atoms with E-state index in [9.17, 15) is 53.9 Å². The van der Waals surface area contributed by atoms with Crippen molar-refractivity contribution in [3.05, 3.63) is 143 Å². The Morgan fingerprint density at radius 3 is 0.739 bits per heavy atom. The van der Waals surface area contributed by atoms with Crippen LogP contribution in [0.25, 0.3) is 0 Å². The number of carbonyl (C=O) groups excluding carboxylic acids is 3. The van der Waals surface area contributed by atoms with Crippen LogP contribution in [0.15, 0.2) is 127 Å². The van der Waals surface area contributed by atoms with Gasteiger partial charge in [0.25, 0.3) is 0 Å². The fraction of sp³-hybridized carbons (Fsp3) is 0.100. The van der Waals surface area contributed by atoms with Crippen molar-refractivity contribution in [2.24, 2.45) is 0 Å². The Kier molecular flexibility index (Phi) is 17.5. The van der Waals surface area contributed by atoms with Crippen LogP contribution in [0.4, 0.5) is 39.5 Å². The Morgan fingerprint density at radius 2 is 0.587 bits per heavy atom. The maximum absolute atomic E-state index is 11.9. The van der Waals surface area contributed by atoms with Gasteiger partial charge in [-0.05, 0) is 0 Å². The number of ketones is 3. The number of hydrogen-bond donors (Lipinski definition) is 3. The van der Waals surface area contributed by atoms with Gasteiger partial charge in [0, 0.05) is 84.3 Å². The maximum atomic E-state index is 11.9. The average molecular weight is 800 g/mol. The van der Waals surface area contributed by atoms with Crippen molar-refractivity contribution in [2.75, 3.05) is 0 Å². The summed E-state index contributed by atoms with van der Waals surface area (Å²) >= 11 is 0. The molecule has 0 aliphatic rings. The normalized spacial score (nSPS) is 12.3. The molecule has 46 heavy (non-hydrogen) atoms. The summed E-state index contributed by atoms with van der Waals surface area (Å²) in [5, 5.41) is 25.6. The minimum atomic E-state index is -4.88. The van der Waals surface area contributed by atoms with Gasteiger partial charge in [-0.3, -0.25) is 14.4 Å². The van der Waals surface area contributed by atoms with E-state index in [0.717, 1.165) is 0 Å². The zero-order valence-electron chi connectivity index (χ0n) is 22.7. The Bertz CT molecular complexity index is 1330. The third-order valence-electron chi connectivity index (χ3n) is 4.85. The van der Waals surface area contributed by atoms with Crippen molar-refractivity contribution in [3.8, 4) is 0 Å². The molecular weight excluding hydrogens is 779 g/mol. The Morgan fingerprint density at radius 1 is 0.413 bits per heavy atom. The van der Waals surface area contributed by atoms with Crippen LogP contribution in [0.5, 0.6) is 0 Å². The summed E-state index contributed by atoms with van der Waals surface area (Å²) in [5.74, 6) is -8.33. The van der Waals surface area contributed by atoms with E-state index >= 15 is 0 Å². The second kappa shape index (κ2) is 19.0. The number of carbonyl (C=O) groups is 3. The third-order valence-corrected chi connectivity index (χ3v) is 4.85. The monoisotopic (exact) mass is 801 g/mol. The first-order valence-electron chi connectivity index (χ1n) is 11.9. The molecule has 0 fully saturated rings. The first-order valence-corrected chi connectivity index (χ1v) is 11.9. The van der Waals surface area contributed by atoms with Crippen molar-refractivity contribution in [2.45, 2.75) is 18.5 Å². The smallest absolute Gasteiger partial charge is 0.448 e. The molecule has 16 heteroatoms. The van der Waals surface area contributed by atoms with Gasteiger partial charge in [-0.25, -0.2) is 0 Å². The van der Waals surface area contributed by atoms with Crippen molar-refractivity contribution < 1.29 is 119 Å². The SMILES string of the molecule is O=C(C=C(O)C(F)(F)F)c1ccccc1.O=C(C=C(O)C(F)(F)F)c1ccccc1.O=C(C=C(O)C(F)(F)F)c1ccccc1.[Eu]. The largest absolute Gasteiger partial charge is 0.504 e. The summed E-state index contributed by atoms with van der Waals surface area (Å²) < 4.78 is 107. The van der Waals surface area contributed by atoms with Crippen molar-refractivity contribution in [1.82, 2.24) is 0 Å². The molecule has 0 bridgehead atoms. The van der Waals surface area contributed by atoms with Gasteiger partial charge >= 0.3 is 18.5 Å². The molecule has 0 aliphatic heterocycles. The Labute approximate surface area is 295 Å². The van der Waals surface area contributed by atoms with E-state index < -0.39 is 53.2 Å². The van der Waals surface area contributed by atoms with Crippen molar-refractivity contribution in [1.29, 1.82) is 0 Å². The van der Waals surface area contributed by atoms with Crippen molar-refractivity contribution >= 4 is 17.3 Å². The van der Waals surface area contributed by atoms with Gasteiger partial charge in [-0.1, -0.05) is 91.0 Å². The molecule has 0 atom stereocenters. The quantitative estimate of drug-likeness (QED) is 0.0997. The second-order valence-electron chi connectivity index (χ2n) is 8.27. The van der Waals surface area contributed by atoms with E-state index in [0.29, 0.717) is 0 Å². The molecule has 3 aromatic rings. The number of aliphatic hydroxyl groups is 3. The summed E-state index contributed by atoms with van der Waals surface area (Å²) in [6.07, 6.45) is -14.2. The van der Waals surface area contributed by atoms with Crippen LogP contribution in [0.3, 0.4) is 0 Å². The molecule has 0 unspecified atom stereocenters. The first-order chi connectivity index (χ1) is 20.7. The van der Waals surface area contributed by atoms with E-state index in [1.54, 1.807) is 18.2 Å². The minimum absolute atomic E-state index is 0. The number of allylic oxidation sites excluding steroid dienone is 6. The number of rotatable bonds is 6. The van der Waals surface area contributed by atoms with Crippen LogP contribution in [-0.4, -0.2) is 51.2 Å². The van der Waals surface area contributed by atoms with E-state index in [-0.39, 0.29) is 84.3 Å². The van der Waals surface area contributed by atoms with Gasteiger partial charge in [0.2, 0.25) is 17.3 Å². The number of hydrogen-bond acceptors (Lipinski definition) is 6. The average Bonchev–Trinajstić information content (AvgIpc) is 2.97. The van der Waals surface area contributed by atoms with Crippen LogP contribution in [0.2, 0.25) is 0 Å². The van der Waals surface area contributed by atoms with E-state index in [1.165, 1.54) is 72.8 Å². The molecule has 0 aromatic heterocycles. The fourth-order valence-electron chi connectivity index (χ4n) is 2.68. The molecule has 0 heterocycles. The fourth-order valence-corrected chi connectivity index (χ4v) is 2.68. The summed E-state index contributed by atoms with van der Waals surface area (Å²) in [4.78, 5) is 33.5. The zero-order chi connectivity index (χ0) is 34.4. The van der Waals surface area contributed by atoms with Crippen LogP contribution >= 0.6 is 0 Å². The topological polar surface area (TPSA) is 112 Å². The molecule has 3 rings (SSSR count). The van der Waals surface area contributed by atoms with Gasteiger partial charge in [-0.2, -0.15) is 39.5 Å². The van der Waals surface area contributed by atoms with Crippen LogP contribution in [0, 0.1) is 49.4 Å². The predicted molar refractivity (Wildman–Crippen MR) is 143 cm³/mol. The molecule has 6 nitrogen and oxygen atoms in total. The summed E-state index contributed by atoms with van der Waals surface area (Å²) in [6, 6.07) is 22.2. The summed E-state index contributed by atoms with van der Waals surface area (Å²) in [7, 11) is 0. The minimum Gasteiger partial charge on any atom is -0.504 e. The molecule has 0 spiro atoms. The number of aliphatic hydroxyl groups excluding tert-OH is 3. The molecule has 0 saturated heterocycles. The van der Waals surface area contributed by atoms with Crippen molar-refractivity contribution in [3.63, 3.8) is 0 Å². The van der Waals surface area contributed by atoms with Gasteiger partial charge in [-0.15, -0.1) is 0 Å². The molecule has 3 aromatic carbocycles. The number of alkyl halides is 9. The third kappa shape index (κ3) is 16.0. The molecular formula is C30H21EuF9O6. The molecule has 247 valence electrons. The van der Waals surface area contributed by atoms with Crippen LogP contribution in [-0.2, 0) is 0 Å². The van der Waals surface area contributed by atoms with Crippen LogP contribution in [0.1, 0.15) is 31.1 Å². The van der Waals surface area contributed by atoms with E-state index in [2.05, 4.69) is 0 Å². The van der Waals surface area contributed by atoms with Crippen LogP contribution < -0.4 is 0 Å². The Balaban J connectivity index is 0.000000653. The second-order valence-corrected chi connectivity index (χ2v) is 8.27. The van der Waals surface area contributed by atoms with Gasteiger partial charge < -0.3 is 15.3 Å². The first kappa shape index (κ1) is 42.2. The van der Waals surface area contributed by atoms with Gasteiger partial charge in [0.05, 0.1) is 0 Å².